The molecule has 1 atom stereocenters. The van der Waals surface area contributed by atoms with Crippen LogP contribution in [-0.4, -0.2) is 33.4 Å². The number of hydrogen-bond acceptors (Lipinski definition) is 5. The first-order chi connectivity index (χ1) is 15.3. The average molecular weight is 517 g/mol. The molecule has 0 saturated carbocycles. The normalized spacial score (nSPS) is 12.1. The van der Waals surface area contributed by atoms with Crippen LogP contribution in [0.25, 0.3) is 0 Å². The molecule has 166 valence electrons. The van der Waals surface area contributed by atoms with Gasteiger partial charge in [0.15, 0.2) is 0 Å². The number of methoxy groups -OCH3 is 1. The van der Waals surface area contributed by atoms with Gasteiger partial charge < -0.3 is 10.1 Å². The molecule has 3 aromatic rings. The Hall–Kier alpha value is -3.01. The second kappa shape index (κ2) is 10.5. The fourth-order valence-electron chi connectivity index (χ4n) is 2.94. The van der Waals surface area contributed by atoms with E-state index in [1.165, 1.54) is 31.4 Å². The van der Waals surface area contributed by atoms with Crippen LogP contribution >= 0.6 is 15.9 Å². The highest BCUT2D eigenvalue weighted by Gasteiger charge is 2.26. The van der Waals surface area contributed by atoms with E-state index in [1.807, 2.05) is 30.3 Å². The van der Waals surface area contributed by atoms with Crippen LogP contribution in [0.4, 0.5) is 5.69 Å². The van der Waals surface area contributed by atoms with E-state index in [-0.39, 0.29) is 11.3 Å². The fourth-order valence-corrected chi connectivity index (χ4v) is 4.40. The molecule has 0 bridgehead atoms. The van der Waals surface area contributed by atoms with Crippen LogP contribution in [0.3, 0.4) is 0 Å². The lowest BCUT2D eigenvalue weighted by Crippen LogP contribution is -2.45. The Kier molecular flexibility index (Phi) is 7.79. The minimum Gasteiger partial charge on any atom is -0.465 e. The van der Waals surface area contributed by atoms with Crippen molar-refractivity contribution < 1.29 is 22.7 Å². The molecule has 0 fully saturated rings. The van der Waals surface area contributed by atoms with Crippen molar-refractivity contribution in [2.75, 3.05) is 12.4 Å². The highest BCUT2D eigenvalue weighted by Crippen LogP contribution is 2.17. The van der Waals surface area contributed by atoms with Crippen molar-refractivity contribution in [3.63, 3.8) is 0 Å². The molecule has 2 N–H and O–H groups in total. The summed E-state index contributed by atoms with van der Waals surface area (Å²) < 4.78 is 33.7. The molecule has 32 heavy (non-hydrogen) atoms. The van der Waals surface area contributed by atoms with Gasteiger partial charge in [0.05, 0.1) is 17.6 Å². The van der Waals surface area contributed by atoms with Crippen LogP contribution in [0, 0.1) is 0 Å². The third-order valence-electron chi connectivity index (χ3n) is 4.59. The van der Waals surface area contributed by atoms with Gasteiger partial charge >= 0.3 is 5.97 Å². The summed E-state index contributed by atoms with van der Waals surface area (Å²) in [7, 11) is -2.67. The Morgan fingerprint density at radius 2 is 1.56 bits per heavy atom. The standard InChI is InChI=1S/C23H21BrN2O5S/c1-31-23(28)17-7-11-19(12-8-17)25-22(27)21(15-16-5-3-2-4-6-16)26-32(29,30)20-13-9-18(24)10-14-20/h2-14,21,26H,15H2,1H3,(H,25,27)/t21-/m1/s1. The Labute approximate surface area is 195 Å². The largest absolute Gasteiger partial charge is 0.465 e. The van der Waals surface area contributed by atoms with E-state index in [0.717, 1.165) is 10.0 Å². The molecule has 0 aromatic heterocycles. The molecule has 3 aromatic carbocycles. The molecule has 0 spiro atoms. The maximum absolute atomic E-state index is 13.0. The number of rotatable bonds is 8. The van der Waals surface area contributed by atoms with E-state index in [9.17, 15) is 18.0 Å². The molecular formula is C23H21BrN2O5S. The molecule has 0 radical (unpaired) electrons. The van der Waals surface area contributed by atoms with E-state index < -0.39 is 27.9 Å². The molecule has 7 nitrogen and oxygen atoms in total. The number of carbonyl (C=O) groups is 2. The van der Waals surface area contributed by atoms with Crippen molar-refractivity contribution in [3.05, 3.63) is 94.5 Å². The number of amides is 1. The molecule has 0 aliphatic heterocycles. The summed E-state index contributed by atoms with van der Waals surface area (Å²) in [4.78, 5) is 24.6. The topological polar surface area (TPSA) is 102 Å². The monoisotopic (exact) mass is 516 g/mol. The fraction of sp³-hybridized carbons (Fsp3) is 0.130. The second-order valence-electron chi connectivity index (χ2n) is 6.88. The molecule has 0 saturated heterocycles. The lowest BCUT2D eigenvalue weighted by Gasteiger charge is -2.19. The first kappa shape index (κ1) is 23.6. The van der Waals surface area contributed by atoms with E-state index in [1.54, 1.807) is 24.3 Å². The van der Waals surface area contributed by atoms with Crippen molar-refractivity contribution in [2.24, 2.45) is 0 Å². The van der Waals surface area contributed by atoms with Gasteiger partial charge in [-0.2, -0.15) is 4.72 Å². The zero-order valence-electron chi connectivity index (χ0n) is 17.1. The van der Waals surface area contributed by atoms with Crippen LogP contribution in [-0.2, 0) is 26.0 Å². The number of anilines is 1. The summed E-state index contributed by atoms with van der Waals surface area (Å²) in [6, 6.07) is 20.3. The Bertz CT molecular complexity index is 1180. The van der Waals surface area contributed by atoms with Gasteiger partial charge in [-0.1, -0.05) is 46.3 Å². The zero-order chi connectivity index (χ0) is 23.1. The van der Waals surface area contributed by atoms with Gasteiger partial charge in [-0.3, -0.25) is 4.79 Å². The number of carbonyl (C=O) groups excluding carboxylic acids is 2. The summed E-state index contributed by atoms with van der Waals surface area (Å²) in [5.41, 5.74) is 1.55. The minimum atomic E-state index is -3.95. The molecule has 3 rings (SSSR count). The third-order valence-corrected chi connectivity index (χ3v) is 6.61. The summed E-state index contributed by atoms with van der Waals surface area (Å²) in [5, 5.41) is 2.70. The zero-order valence-corrected chi connectivity index (χ0v) is 19.5. The summed E-state index contributed by atoms with van der Waals surface area (Å²) >= 11 is 3.28. The summed E-state index contributed by atoms with van der Waals surface area (Å²) in [6.07, 6.45) is 0.155. The van der Waals surface area contributed by atoms with Gasteiger partial charge in [0.2, 0.25) is 15.9 Å². The van der Waals surface area contributed by atoms with Crippen molar-refractivity contribution >= 4 is 43.5 Å². The van der Waals surface area contributed by atoms with E-state index in [2.05, 4.69) is 30.7 Å². The first-order valence-electron chi connectivity index (χ1n) is 9.59. The van der Waals surface area contributed by atoms with Crippen LogP contribution in [0.2, 0.25) is 0 Å². The molecular weight excluding hydrogens is 496 g/mol. The van der Waals surface area contributed by atoms with E-state index in [0.29, 0.717) is 11.3 Å². The number of hydrogen-bond donors (Lipinski definition) is 2. The maximum atomic E-state index is 13.0. The van der Waals surface area contributed by atoms with Crippen molar-refractivity contribution in [1.82, 2.24) is 4.72 Å². The Morgan fingerprint density at radius 1 is 0.938 bits per heavy atom. The molecule has 0 unspecified atom stereocenters. The summed E-state index contributed by atoms with van der Waals surface area (Å²) in [5.74, 6) is -1.02. The van der Waals surface area contributed by atoms with Crippen LogP contribution in [0.1, 0.15) is 15.9 Å². The molecule has 0 heterocycles. The number of sulfonamides is 1. The van der Waals surface area contributed by atoms with Gasteiger partial charge in [-0.15, -0.1) is 0 Å². The number of nitrogens with one attached hydrogen (secondary N) is 2. The van der Waals surface area contributed by atoms with Crippen LogP contribution < -0.4 is 10.0 Å². The molecule has 0 aliphatic carbocycles. The minimum absolute atomic E-state index is 0.0500. The predicted molar refractivity (Wildman–Crippen MR) is 125 cm³/mol. The van der Waals surface area contributed by atoms with Gasteiger partial charge in [-0.05, 0) is 60.5 Å². The predicted octanol–water partition coefficient (Wildman–Crippen LogP) is 3.76. The molecule has 9 heteroatoms. The number of benzene rings is 3. The Morgan fingerprint density at radius 3 is 2.16 bits per heavy atom. The lowest BCUT2D eigenvalue weighted by atomic mass is 10.1. The smallest absolute Gasteiger partial charge is 0.337 e. The second-order valence-corrected chi connectivity index (χ2v) is 9.51. The van der Waals surface area contributed by atoms with Crippen LogP contribution in [0.5, 0.6) is 0 Å². The number of ether oxygens (including phenoxy) is 1. The van der Waals surface area contributed by atoms with Crippen molar-refractivity contribution in [2.45, 2.75) is 17.4 Å². The van der Waals surface area contributed by atoms with Gasteiger partial charge in [-0.25, -0.2) is 13.2 Å². The van der Waals surface area contributed by atoms with Crippen molar-refractivity contribution in [3.8, 4) is 0 Å². The van der Waals surface area contributed by atoms with E-state index in [4.69, 9.17) is 0 Å². The maximum Gasteiger partial charge on any atom is 0.337 e. The highest BCUT2D eigenvalue weighted by molar-refractivity contribution is 9.10. The van der Waals surface area contributed by atoms with Crippen LogP contribution in [0.15, 0.2) is 88.2 Å². The van der Waals surface area contributed by atoms with Crippen molar-refractivity contribution in [1.29, 1.82) is 0 Å². The lowest BCUT2D eigenvalue weighted by molar-refractivity contribution is -0.117. The quantitative estimate of drug-likeness (QED) is 0.443. The number of halogens is 1. The van der Waals surface area contributed by atoms with Gasteiger partial charge in [0, 0.05) is 10.2 Å². The molecule has 0 aliphatic rings. The van der Waals surface area contributed by atoms with Gasteiger partial charge in [0.25, 0.3) is 0 Å². The number of esters is 1. The Balaban J connectivity index is 1.82. The van der Waals surface area contributed by atoms with E-state index >= 15 is 0 Å². The SMILES string of the molecule is COC(=O)c1ccc(NC(=O)[C@@H](Cc2ccccc2)NS(=O)(=O)c2ccc(Br)cc2)cc1. The highest BCUT2D eigenvalue weighted by atomic mass is 79.9. The first-order valence-corrected chi connectivity index (χ1v) is 11.9. The molecule has 1 amide bonds. The van der Waals surface area contributed by atoms with Gasteiger partial charge in [0.1, 0.15) is 6.04 Å². The summed E-state index contributed by atoms with van der Waals surface area (Å²) in [6.45, 7) is 0. The third kappa shape index (κ3) is 6.25. The average Bonchev–Trinajstić information content (AvgIpc) is 2.79.